The summed E-state index contributed by atoms with van der Waals surface area (Å²) in [5.74, 6) is 0.233. The lowest BCUT2D eigenvalue weighted by Gasteiger charge is -2.30. The van der Waals surface area contributed by atoms with Gasteiger partial charge in [0.15, 0.2) is 6.29 Å². The van der Waals surface area contributed by atoms with Crippen LogP contribution >= 0.6 is 0 Å². The van der Waals surface area contributed by atoms with Crippen LogP contribution in [0.25, 0.3) is 0 Å². The van der Waals surface area contributed by atoms with Crippen LogP contribution in [-0.2, 0) is 30.8 Å². The molecule has 1 aliphatic rings. The smallest absolute Gasteiger partial charge is 0.416 e. The summed E-state index contributed by atoms with van der Waals surface area (Å²) in [4.78, 5) is 13.4. The average Bonchev–Trinajstić information content (AvgIpc) is 3.33. The molecular formula is C27H25F3O7. The standard InChI is InChI=1S/C27H25F3O7/c1-32-19-14-20(33-2)22(21(15-19)34-3)24-36-23(16-10-12-18(13-11-16)27(28,29)30)26(37-24,25(31)35-4)17-8-6-5-7-9-17/h5-15,23-24H,1-4H3/t23-,24+,26-/m1/s1. The molecule has 0 saturated carbocycles. The largest absolute Gasteiger partial charge is 0.496 e. The number of hydrogen-bond acceptors (Lipinski definition) is 7. The monoisotopic (exact) mass is 518 g/mol. The van der Waals surface area contributed by atoms with Crippen LogP contribution in [0.4, 0.5) is 13.2 Å². The van der Waals surface area contributed by atoms with Gasteiger partial charge in [0, 0.05) is 12.1 Å². The summed E-state index contributed by atoms with van der Waals surface area (Å²) in [6.45, 7) is 0. The molecule has 0 unspecified atom stereocenters. The first-order valence-electron chi connectivity index (χ1n) is 11.1. The fraction of sp³-hybridized carbons (Fsp3) is 0.296. The highest BCUT2D eigenvalue weighted by Crippen LogP contribution is 2.56. The Kier molecular flexibility index (Phi) is 7.33. The first-order chi connectivity index (χ1) is 17.7. The van der Waals surface area contributed by atoms with E-state index in [1.807, 2.05) is 0 Å². The van der Waals surface area contributed by atoms with Crippen molar-refractivity contribution < 1.29 is 46.4 Å². The molecule has 3 aromatic carbocycles. The zero-order chi connectivity index (χ0) is 26.8. The second-order valence-corrected chi connectivity index (χ2v) is 8.12. The van der Waals surface area contributed by atoms with Crippen molar-refractivity contribution in [1.82, 2.24) is 0 Å². The van der Waals surface area contributed by atoms with Crippen molar-refractivity contribution in [3.8, 4) is 17.2 Å². The highest BCUT2D eigenvalue weighted by atomic mass is 19.4. The molecule has 3 atom stereocenters. The van der Waals surface area contributed by atoms with Gasteiger partial charge in [0.1, 0.15) is 23.4 Å². The number of carbonyl (C=O) groups is 1. The Balaban J connectivity index is 1.92. The van der Waals surface area contributed by atoms with E-state index in [2.05, 4.69) is 0 Å². The molecule has 0 bridgehead atoms. The van der Waals surface area contributed by atoms with E-state index in [0.29, 0.717) is 28.4 Å². The van der Waals surface area contributed by atoms with Crippen molar-refractivity contribution in [3.05, 3.63) is 89.0 Å². The Morgan fingerprint density at radius 3 is 1.95 bits per heavy atom. The number of carbonyl (C=O) groups excluding carboxylic acids is 1. The topological polar surface area (TPSA) is 72.5 Å². The fourth-order valence-electron chi connectivity index (χ4n) is 4.36. The minimum Gasteiger partial charge on any atom is -0.496 e. The molecule has 4 rings (SSSR count). The minimum absolute atomic E-state index is 0.274. The maximum Gasteiger partial charge on any atom is 0.416 e. The van der Waals surface area contributed by atoms with E-state index >= 15 is 0 Å². The second-order valence-electron chi connectivity index (χ2n) is 8.12. The van der Waals surface area contributed by atoms with Gasteiger partial charge >= 0.3 is 12.1 Å². The zero-order valence-corrected chi connectivity index (χ0v) is 20.5. The third-order valence-corrected chi connectivity index (χ3v) is 6.14. The molecule has 0 spiro atoms. The lowest BCUT2D eigenvalue weighted by atomic mass is 9.84. The first kappa shape index (κ1) is 26.3. The predicted octanol–water partition coefficient (Wildman–Crippen LogP) is 5.59. The highest BCUT2D eigenvalue weighted by molar-refractivity contribution is 5.83. The number of alkyl halides is 3. The number of rotatable bonds is 7. The number of methoxy groups -OCH3 is 4. The van der Waals surface area contributed by atoms with Crippen LogP contribution in [0.1, 0.15) is 34.6 Å². The van der Waals surface area contributed by atoms with Crippen molar-refractivity contribution >= 4 is 5.97 Å². The summed E-state index contributed by atoms with van der Waals surface area (Å²) in [6, 6.07) is 16.0. The Labute approximate surface area is 211 Å². The van der Waals surface area contributed by atoms with Crippen molar-refractivity contribution in [1.29, 1.82) is 0 Å². The van der Waals surface area contributed by atoms with Gasteiger partial charge in [-0.2, -0.15) is 13.2 Å². The Morgan fingerprint density at radius 2 is 1.46 bits per heavy atom. The van der Waals surface area contributed by atoms with Gasteiger partial charge in [-0.3, -0.25) is 0 Å². The third-order valence-electron chi connectivity index (χ3n) is 6.14. The molecule has 10 heteroatoms. The summed E-state index contributed by atoms with van der Waals surface area (Å²) in [6.07, 6.45) is -6.95. The number of hydrogen-bond donors (Lipinski definition) is 0. The van der Waals surface area contributed by atoms with Crippen LogP contribution in [0.5, 0.6) is 17.2 Å². The maximum atomic E-state index is 13.4. The minimum atomic E-state index is -4.53. The lowest BCUT2D eigenvalue weighted by Crippen LogP contribution is -2.41. The van der Waals surface area contributed by atoms with Crippen molar-refractivity contribution in [2.45, 2.75) is 24.2 Å². The van der Waals surface area contributed by atoms with Gasteiger partial charge in [-0.25, -0.2) is 4.79 Å². The van der Waals surface area contributed by atoms with Gasteiger partial charge in [0.25, 0.3) is 0 Å². The zero-order valence-electron chi connectivity index (χ0n) is 20.5. The molecule has 1 saturated heterocycles. The summed E-state index contributed by atoms with van der Waals surface area (Å²) in [5.41, 5.74) is -1.72. The second kappa shape index (κ2) is 10.3. The van der Waals surface area contributed by atoms with Crippen LogP contribution in [-0.4, -0.2) is 34.4 Å². The average molecular weight is 518 g/mol. The van der Waals surface area contributed by atoms with Crippen molar-refractivity contribution in [2.24, 2.45) is 0 Å². The van der Waals surface area contributed by atoms with Gasteiger partial charge in [0.05, 0.1) is 39.6 Å². The summed E-state index contributed by atoms with van der Waals surface area (Å²) < 4.78 is 73.9. The molecule has 1 heterocycles. The molecule has 3 aromatic rings. The molecule has 0 aromatic heterocycles. The van der Waals surface area contributed by atoms with E-state index in [1.165, 1.54) is 40.6 Å². The van der Waals surface area contributed by atoms with E-state index in [9.17, 15) is 18.0 Å². The van der Waals surface area contributed by atoms with Crippen LogP contribution < -0.4 is 14.2 Å². The summed E-state index contributed by atoms with van der Waals surface area (Å²) >= 11 is 0. The molecule has 1 aliphatic heterocycles. The quantitative estimate of drug-likeness (QED) is 0.378. The molecule has 0 amide bonds. The van der Waals surface area contributed by atoms with Gasteiger partial charge in [-0.15, -0.1) is 0 Å². The molecule has 0 radical (unpaired) electrons. The van der Waals surface area contributed by atoms with E-state index in [1.54, 1.807) is 42.5 Å². The van der Waals surface area contributed by atoms with Crippen molar-refractivity contribution in [3.63, 3.8) is 0 Å². The van der Waals surface area contributed by atoms with E-state index in [0.717, 1.165) is 12.1 Å². The van der Waals surface area contributed by atoms with Crippen LogP contribution in [0.15, 0.2) is 66.7 Å². The highest BCUT2D eigenvalue weighted by Gasteiger charge is 2.59. The summed E-state index contributed by atoms with van der Waals surface area (Å²) in [5, 5.41) is 0. The predicted molar refractivity (Wildman–Crippen MR) is 125 cm³/mol. The van der Waals surface area contributed by atoms with E-state index < -0.39 is 35.7 Å². The molecule has 1 fully saturated rings. The first-order valence-corrected chi connectivity index (χ1v) is 11.1. The van der Waals surface area contributed by atoms with Crippen molar-refractivity contribution in [2.75, 3.05) is 28.4 Å². The van der Waals surface area contributed by atoms with Crippen LogP contribution in [0, 0.1) is 0 Å². The molecule has 0 N–H and O–H groups in total. The Hall–Kier alpha value is -3.76. The lowest BCUT2D eigenvalue weighted by molar-refractivity contribution is -0.173. The Morgan fingerprint density at radius 1 is 0.865 bits per heavy atom. The van der Waals surface area contributed by atoms with E-state index in [4.69, 9.17) is 28.4 Å². The number of ether oxygens (including phenoxy) is 6. The summed E-state index contributed by atoms with van der Waals surface area (Å²) in [7, 11) is 5.55. The van der Waals surface area contributed by atoms with Gasteiger partial charge in [-0.1, -0.05) is 42.5 Å². The maximum absolute atomic E-state index is 13.4. The number of esters is 1. The molecule has 37 heavy (non-hydrogen) atoms. The Bertz CT molecular complexity index is 1220. The number of benzene rings is 3. The molecule has 0 aliphatic carbocycles. The van der Waals surface area contributed by atoms with Gasteiger partial charge < -0.3 is 28.4 Å². The van der Waals surface area contributed by atoms with Crippen LogP contribution in [0.2, 0.25) is 0 Å². The van der Waals surface area contributed by atoms with Gasteiger partial charge in [0.2, 0.25) is 5.60 Å². The molecular weight excluding hydrogens is 493 g/mol. The van der Waals surface area contributed by atoms with Gasteiger partial charge in [-0.05, 0) is 23.3 Å². The number of halogens is 3. The molecule has 7 nitrogen and oxygen atoms in total. The van der Waals surface area contributed by atoms with E-state index in [-0.39, 0.29) is 5.56 Å². The van der Waals surface area contributed by atoms with Crippen LogP contribution in [0.3, 0.4) is 0 Å². The normalized spacial score (nSPS) is 21.4. The molecule has 196 valence electrons. The third kappa shape index (κ3) is 4.70. The SMILES string of the molecule is COC(=O)[C@]1(c2ccccc2)O[C@@H](c2c(OC)cc(OC)cc2OC)O[C@@H]1c1ccc(C(F)(F)F)cc1. The fourth-order valence-corrected chi connectivity index (χ4v) is 4.36.